The lowest BCUT2D eigenvalue weighted by molar-refractivity contribution is -0.139. The molecule has 8 nitrogen and oxygen atoms in total. The third-order valence-electron chi connectivity index (χ3n) is 7.61. The third kappa shape index (κ3) is 7.63. The molecule has 42 heavy (non-hydrogen) atoms. The summed E-state index contributed by atoms with van der Waals surface area (Å²) in [6, 6.07) is 19.4. The Morgan fingerprint density at radius 2 is 1.67 bits per heavy atom. The van der Waals surface area contributed by atoms with Crippen LogP contribution in [0.4, 0.5) is 5.69 Å². The molecule has 0 radical (unpaired) electrons. The van der Waals surface area contributed by atoms with Crippen LogP contribution < -0.4 is 14.4 Å². The molecule has 3 aromatic rings. The maximum atomic E-state index is 14.2. The number of ether oxygens (including phenoxy) is 1. The zero-order valence-corrected chi connectivity index (χ0v) is 25.8. The molecule has 1 N–H and O–H groups in total. The second kappa shape index (κ2) is 14.1. The van der Waals surface area contributed by atoms with Crippen molar-refractivity contribution in [2.75, 3.05) is 18.0 Å². The molecule has 1 saturated carbocycles. The number of nitrogens with one attached hydrogen (secondary N) is 1. The zero-order chi connectivity index (χ0) is 30.3. The van der Waals surface area contributed by atoms with Gasteiger partial charge in [0.15, 0.2) is 0 Å². The largest absolute Gasteiger partial charge is 0.495 e. The van der Waals surface area contributed by atoms with Gasteiger partial charge in [0.25, 0.3) is 10.0 Å². The van der Waals surface area contributed by atoms with Crippen LogP contribution in [-0.2, 0) is 26.2 Å². The highest BCUT2D eigenvalue weighted by molar-refractivity contribution is 7.92. The fourth-order valence-electron chi connectivity index (χ4n) is 5.13. The van der Waals surface area contributed by atoms with Crippen LogP contribution in [0, 0.1) is 6.92 Å². The summed E-state index contributed by atoms with van der Waals surface area (Å²) in [4.78, 5) is 29.1. The standard InChI is InChI=1S/C32H38ClN3O5S/c1-23-14-16-25(17-15-23)21-35(24(2)32(38)34-27-10-6-4-7-11-27)31(37)22-36(29-20-26(33)18-19-30(29)41-3)42(39,40)28-12-8-5-9-13-28/h5,8-9,12-20,24,27H,4,6-7,10-11,21-22H2,1-3H3,(H,34,38)/t24-/m0/s1. The Labute approximate surface area is 253 Å². The van der Waals surface area contributed by atoms with Crippen molar-refractivity contribution in [2.45, 2.75) is 69.5 Å². The first-order valence-electron chi connectivity index (χ1n) is 14.2. The molecule has 10 heteroatoms. The van der Waals surface area contributed by atoms with Crippen molar-refractivity contribution in [3.63, 3.8) is 0 Å². The molecule has 0 heterocycles. The van der Waals surface area contributed by atoms with Gasteiger partial charge in [0.2, 0.25) is 11.8 Å². The minimum atomic E-state index is -4.23. The van der Waals surface area contributed by atoms with Gasteiger partial charge >= 0.3 is 0 Å². The molecule has 1 aliphatic carbocycles. The number of halogens is 1. The Kier molecular flexibility index (Phi) is 10.5. The van der Waals surface area contributed by atoms with Crippen LogP contribution in [0.15, 0.2) is 77.7 Å². The van der Waals surface area contributed by atoms with Crippen LogP contribution >= 0.6 is 11.6 Å². The van der Waals surface area contributed by atoms with Crippen molar-refractivity contribution in [3.8, 4) is 5.75 Å². The number of carbonyl (C=O) groups excluding carboxylic acids is 2. The number of sulfonamides is 1. The normalized spacial score (nSPS) is 14.6. The van der Waals surface area contributed by atoms with Gasteiger partial charge in [0.05, 0.1) is 17.7 Å². The van der Waals surface area contributed by atoms with Gasteiger partial charge < -0.3 is 15.0 Å². The van der Waals surface area contributed by atoms with Crippen LogP contribution in [0.3, 0.4) is 0 Å². The molecule has 0 aliphatic heterocycles. The minimum absolute atomic E-state index is 0.00741. The van der Waals surface area contributed by atoms with Crippen molar-refractivity contribution >= 4 is 39.1 Å². The summed E-state index contributed by atoms with van der Waals surface area (Å²) in [6.07, 6.45) is 5.07. The van der Waals surface area contributed by atoms with Crippen LogP contribution in [0.1, 0.15) is 50.2 Å². The van der Waals surface area contributed by atoms with E-state index < -0.39 is 28.5 Å². The number of hydrogen-bond acceptors (Lipinski definition) is 5. The maximum Gasteiger partial charge on any atom is 0.264 e. The van der Waals surface area contributed by atoms with Crippen molar-refractivity contribution in [3.05, 3.63) is 88.9 Å². The van der Waals surface area contributed by atoms with Crippen LogP contribution in [-0.4, -0.2) is 50.9 Å². The number of aryl methyl sites for hydroxylation is 1. The summed E-state index contributed by atoms with van der Waals surface area (Å²) in [5.41, 5.74) is 2.01. The van der Waals surface area contributed by atoms with Gasteiger partial charge in [-0.1, -0.05) is 78.9 Å². The summed E-state index contributed by atoms with van der Waals surface area (Å²) in [6.45, 7) is 3.21. The monoisotopic (exact) mass is 611 g/mol. The molecule has 3 aromatic carbocycles. The highest BCUT2D eigenvalue weighted by Gasteiger charge is 2.34. The van der Waals surface area contributed by atoms with E-state index in [4.69, 9.17) is 16.3 Å². The number of anilines is 1. The molecule has 1 aliphatic rings. The predicted octanol–water partition coefficient (Wildman–Crippen LogP) is 5.72. The summed E-state index contributed by atoms with van der Waals surface area (Å²) in [5, 5.41) is 3.39. The highest BCUT2D eigenvalue weighted by Crippen LogP contribution is 2.35. The molecule has 0 saturated heterocycles. The summed E-state index contributed by atoms with van der Waals surface area (Å²) >= 11 is 6.29. The van der Waals surface area contributed by atoms with Gasteiger partial charge in [0, 0.05) is 17.6 Å². The van der Waals surface area contributed by atoms with E-state index in [0.717, 1.165) is 47.5 Å². The van der Waals surface area contributed by atoms with Gasteiger partial charge in [-0.2, -0.15) is 0 Å². The molecule has 1 atom stereocenters. The molecule has 0 aromatic heterocycles. The van der Waals surface area contributed by atoms with E-state index in [-0.39, 0.29) is 39.8 Å². The molecule has 2 amide bonds. The lowest BCUT2D eigenvalue weighted by Crippen LogP contribution is -2.53. The Morgan fingerprint density at radius 3 is 2.31 bits per heavy atom. The van der Waals surface area contributed by atoms with Crippen molar-refractivity contribution in [1.29, 1.82) is 0 Å². The Hall–Kier alpha value is -3.56. The summed E-state index contributed by atoms with van der Waals surface area (Å²) in [5.74, 6) is -0.566. The van der Waals surface area contributed by atoms with Gasteiger partial charge in [-0.15, -0.1) is 0 Å². The second-order valence-electron chi connectivity index (χ2n) is 10.7. The van der Waals surface area contributed by atoms with Gasteiger partial charge in [-0.25, -0.2) is 8.42 Å². The van der Waals surface area contributed by atoms with Crippen molar-refractivity contribution in [1.82, 2.24) is 10.2 Å². The topological polar surface area (TPSA) is 96.0 Å². The summed E-state index contributed by atoms with van der Waals surface area (Å²) < 4.78 is 34.5. The molecule has 224 valence electrons. The minimum Gasteiger partial charge on any atom is -0.495 e. The second-order valence-corrected chi connectivity index (χ2v) is 13.0. The zero-order valence-electron chi connectivity index (χ0n) is 24.3. The Morgan fingerprint density at radius 1 is 1.00 bits per heavy atom. The first kappa shape index (κ1) is 31.4. The number of nitrogens with zero attached hydrogens (tertiary/aromatic N) is 2. The lowest BCUT2D eigenvalue weighted by atomic mass is 9.95. The van der Waals surface area contributed by atoms with E-state index in [9.17, 15) is 18.0 Å². The van der Waals surface area contributed by atoms with E-state index in [1.807, 2.05) is 31.2 Å². The number of rotatable bonds is 11. The lowest BCUT2D eigenvalue weighted by Gasteiger charge is -2.33. The number of hydrogen-bond donors (Lipinski definition) is 1. The average Bonchev–Trinajstić information content (AvgIpc) is 3.00. The van der Waals surface area contributed by atoms with Crippen molar-refractivity contribution < 1.29 is 22.7 Å². The molecular weight excluding hydrogens is 574 g/mol. The van der Waals surface area contributed by atoms with Crippen molar-refractivity contribution in [2.24, 2.45) is 0 Å². The Balaban J connectivity index is 1.71. The molecule has 4 rings (SSSR count). The van der Waals surface area contributed by atoms with E-state index >= 15 is 0 Å². The smallest absolute Gasteiger partial charge is 0.264 e. The highest BCUT2D eigenvalue weighted by atomic mass is 35.5. The first-order valence-corrected chi connectivity index (χ1v) is 16.0. The number of carbonyl (C=O) groups is 2. The fourth-order valence-corrected chi connectivity index (χ4v) is 6.74. The number of methoxy groups -OCH3 is 1. The number of amides is 2. The first-order chi connectivity index (χ1) is 20.1. The molecule has 1 fully saturated rings. The van der Waals surface area contributed by atoms with Gasteiger partial charge in [-0.05, 0) is 62.6 Å². The molecule has 0 spiro atoms. The Bertz CT molecular complexity index is 1480. The predicted molar refractivity (Wildman–Crippen MR) is 165 cm³/mol. The third-order valence-corrected chi connectivity index (χ3v) is 9.62. The number of benzene rings is 3. The van der Waals surface area contributed by atoms with Gasteiger partial charge in [0.1, 0.15) is 18.3 Å². The summed E-state index contributed by atoms with van der Waals surface area (Å²) in [7, 11) is -2.81. The van der Waals surface area contributed by atoms with Gasteiger partial charge in [-0.3, -0.25) is 13.9 Å². The van der Waals surface area contributed by atoms with Crippen LogP contribution in [0.5, 0.6) is 5.75 Å². The van der Waals surface area contributed by atoms with E-state index in [2.05, 4.69) is 5.32 Å². The van der Waals surface area contributed by atoms with Crippen LogP contribution in [0.2, 0.25) is 5.02 Å². The molecule has 0 unspecified atom stereocenters. The quantitative estimate of drug-likeness (QED) is 0.299. The molecule has 0 bridgehead atoms. The SMILES string of the molecule is COc1ccc(Cl)cc1N(CC(=O)N(Cc1ccc(C)cc1)[C@@H](C)C(=O)NC1CCCCC1)S(=O)(=O)c1ccccc1. The molecular formula is C32H38ClN3O5S. The average molecular weight is 612 g/mol. The van der Waals surface area contributed by atoms with E-state index in [1.54, 1.807) is 37.3 Å². The fraction of sp³-hybridized carbons (Fsp3) is 0.375. The van der Waals surface area contributed by atoms with E-state index in [0.29, 0.717) is 0 Å². The van der Waals surface area contributed by atoms with E-state index in [1.165, 1.54) is 30.2 Å². The van der Waals surface area contributed by atoms with Crippen LogP contribution in [0.25, 0.3) is 0 Å². The maximum absolute atomic E-state index is 14.2.